The van der Waals surface area contributed by atoms with E-state index in [0.717, 1.165) is 32.5 Å². The zero-order chi connectivity index (χ0) is 11.6. The topological polar surface area (TPSA) is 35.2 Å². The average Bonchev–Trinajstić information content (AvgIpc) is 2.24. The summed E-state index contributed by atoms with van der Waals surface area (Å²) in [5.74, 6) is 0. The van der Waals surface area contributed by atoms with Gasteiger partial charge in [-0.2, -0.15) is 0 Å². The van der Waals surface area contributed by atoms with Crippen LogP contribution < -0.4 is 5.73 Å². The van der Waals surface area contributed by atoms with E-state index >= 15 is 0 Å². The van der Waals surface area contributed by atoms with Gasteiger partial charge < -0.3 is 10.5 Å². The molecule has 0 radical (unpaired) electrons. The van der Waals surface area contributed by atoms with Crippen molar-refractivity contribution in [2.75, 3.05) is 13.2 Å². The van der Waals surface area contributed by atoms with Crippen LogP contribution in [0.4, 0.5) is 0 Å². The molecule has 16 heavy (non-hydrogen) atoms. The van der Waals surface area contributed by atoms with Gasteiger partial charge in [-0.25, -0.2) is 0 Å². The molecule has 2 nitrogen and oxygen atoms in total. The van der Waals surface area contributed by atoms with Crippen LogP contribution >= 0.6 is 0 Å². The first kappa shape index (κ1) is 11.6. The molecule has 0 saturated carbocycles. The van der Waals surface area contributed by atoms with Crippen molar-refractivity contribution >= 4 is 0 Å². The van der Waals surface area contributed by atoms with Crippen molar-refractivity contribution in [3.05, 3.63) is 34.9 Å². The van der Waals surface area contributed by atoms with Crippen LogP contribution in [0.5, 0.6) is 0 Å². The molecule has 1 aliphatic heterocycles. The lowest BCUT2D eigenvalue weighted by Gasteiger charge is -2.33. The fraction of sp³-hybridized carbons (Fsp3) is 0.571. The van der Waals surface area contributed by atoms with Crippen LogP contribution in [0.3, 0.4) is 0 Å². The molecule has 2 N–H and O–H groups in total. The van der Waals surface area contributed by atoms with E-state index in [4.69, 9.17) is 10.5 Å². The Bertz CT molecular complexity index is 367. The Labute approximate surface area is 97.8 Å². The Balaban J connectivity index is 2.10. The van der Waals surface area contributed by atoms with E-state index < -0.39 is 0 Å². The van der Waals surface area contributed by atoms with E-state index in [1.165, 1.54) is 16.7 Å². The molecular formula is C14H21NO. The number of ether oxygens (including phenoxy) is 1. The fourth-order valence-electron chi connectivity index (χ4n) is 2.27. The zero-order valence-corrected chi connectivity index (χ0v) is 10.3. The second-order valence-electron chi connectivity index (χ2n) is 5.07. The number of rotatable bonds is 2. The molecule has 2 rings (SSSR count). The van der Waals surface area contributed by atoms with E-state index in [-0.39, 0.29) is 5.54 Å². The normalized spacial score (nSPS) is 19.7. The van der Waals surface area contributed by atoms with E-state index in [9.17, 15) is 0 Å². The molecule has 0 aromatic heterocycles. The summed E-state index contributed by atoms with van der Waals surface area (Å²) < 4.78 is 5.37. The maximum atomic E-state index is 6.40. The van der Waals surface area contributed by atoms with Crippen LogP contribution in [-0.2, 0) is 11.2 Å². The van der Waals surface area contributed by atoms with Gasteiger partial charge in [-0.3, -0.25) is 0 Å². The highest BCUT2D eigenvalue weighted by Crippen LogP contribution is 2.23. The van der Waals surface area contributed by atoms with Crippen molar-refractivity contribution in [3.8, 4) is 0 Å². The van der Waals surface area contributed by atoms with Crippen LogP contribution in [0.25, 0.3) is 0 Å². The van der Waals surface area contributed by atoms with Gasteiger partial charge in [0.05, 0.1) is 0 Å². The van der Waals surface area contributed by atoms with Crippen LogP contribution in [-0.4, -0.2) is 18.8 Å². The van der Waals surface area contributed by atoms with Crippen molar-refractivity contribution in [1.29, 1.82) is 0 Å². The summed E-state index contributed by atoms with van der Waals surface area (Å²) in [6.45, 7) is 5.92. The SMILES string of the molecule is Cc1ccc(CC2(N)CCOCC2)cc1C. The molecule has 0 amide bonds. The van der Waals surface area contributed by atoms with E-state index in [2.05, 4.69) is 32.0 Å². The second kappa shape index (κ2) is 4.56. The Morgan fingerprint density at radius 3 is 2.50 bits per heavy atom. The number of nitrogens with two attached hydrogens (primary N) is 1. The summed E-state index contributed by atoms with van der Waals surface area (Å²) in [7, 11) is 0. The minimum Gasteiger partial charge on any atom is -0.381 e. The van der Waals surface area contributed by atoms with Gasteiger partial charge in [0.25, 0.3) is 0 Å². The fourth-order valence-corrected chi connectivity index (χ4v) is 2.27. The molecular weight excluding hydrogens is 198 g/mol. The maximum Gasteiger partial charge on any atom is 0.0483 e. The number of benzene rings is 1. The maximum absolute atomic E-state index is 6.40. The van der Waals surface area contributed by atoms with Gasteiger partial charge in [0.1, 0.15) is 0 Å². The summed E-state index contributed by atoms with van der Waals surface area (Å²) in [6.07, 6.45) is 2.91. The number of hydrogen-bond donors (Lipinski definition) is 1. The zero-order valence-electron chi connectivity index (χ0n) is 10.3. The third-order valence-electron chi connectivity index (χ3n) is 3.62. The molecule has 1 heterocycles. The van der Waals surface area contributed by atoms with Crippen LogP contribution in [0.15, 0.2) is 18.2 Å². The van der Waals surface area contributed by atoms with Crippen molar-refractivity contribution < 1.29 is 4.74 Å². The lowest BCUT2D eigenvalue weighted by molar-refractivity contribution is 0.0533. The summed E-state index contributed by atoms with van der Waals surface area (Å²) in [4.78, 5) is 0. The Hall–Kier alpha value is -0.860. The van der Waals surface area contributed by atoms with Crippen LogP contribution in [0.2, 0.25) is 0 Å². The molecule has 1 aromatic rings. The third-order valence-corrected chi connectivity index (χ3v) is 3.62. The highest BCUT2D eigenvalue weighted by molar-refractivity contribution is 5.31. The summed E-state index contributed by atoms with van der Waals surface area (Å²) in [5, 5.41) is 0. The van der Waals surface area contributed by atoms with Crippen molar-refractivity contribution in [1.82, 2.24) is 0 Å². The van der Waals surface area contributed by atoms with Crippen molar-refractivity contribution in [3.63, 3.8) is 0 Å². The summed E-state index contributed by atoms with van der Waals surface area (Å²) >= 11 is 0. The first-order valence-electron chi connectivity index (χ1n) is 6.02. The van der Waals surface area contributed by atoms with Gasteiger partial charge in [0.2, 0.25) is 0 Å². The van der Waals surface area contributed by atoms with Gasteiger partial charge in [-0.1, -0.05) is 18.2 Å². The van der Waals surface area contributed by atoms with Crippen molar-refractivity contribution in [2.24, 2.45) is 5.73 Å². The van der Waals surface area contributed by atoms with Gasteiger partial charge in [0.15, 0.2) is 0 Å². The Kier molecular flexibility index (Phi) is 3.31. The van der Waals surface area contributed by atoms with Gasteiger partial charge in [-0.05, 0) is 49.8 Å². The molecule has 0 unspecified atom stereocenters. The summed E-state index contributed by atoms with van der Waals surface area (Å²) in [6, 6.07) is 6.65. The van der Waals surface area contributed by atoms with Gasteiger partial charge in [0, 0.05) is 18.8 Å². The summed E-state index contributed by atoms with van der Waals surface area (Å²) in [5.41, 5.74) is 10.4. The first-order valence-corrected chi connectivity index (χ1v) is 6.02. The molecule has 0 bridgehead atoms. The molecule has 1 saturated heterocycles. The minimum absolute atomic E-state index is 0.0556. The molecule has 1 aliphatic rings. The van der Waals surface area contributed by atoms with Crippen molar-refractivity contribution in [2.45, 2.75) is 38.6 Å². The standard InChI is InChI=1S/C14H21NO/c1-11-3-4-13(9-12(11)2)10-14(15)5-7-16-8-6-14/h3-4,9H,5-8,10,15H2,1-2H3. The molecule has 0 aliphatic carbocycles. The molecule has 0 spiro atoms. The predicted octanol–water partition coefficient (Wildman–Crippen LogP) is 2.35. The monoisotopic (exact) mass is 219 g/mol. The molecule has 1 aromatic carbocycles. The largest absolute Gasteiger partial charge is 0.381 e. The lowest BCUT2D eigenvalue weighted by atomic mass is 9.84. The smallest absolute Gasteiger partial charge is 0.0483 e. The highest BCUT2D eigenvalue weighted by Gasteiger charge is 2.28. The highest BCUT2D eigenvalue weighted by atomic mass is 16.5. The Morgan fingerprint density at radius 2 is 1.88 bits per heavy atom. The second-order valence-corrected chi connectivity index (χ2v) is 5.07. The van der Waals surface area contributed by atoms with Gasteiger partial charge >= 0.3 is 0 Å². The average molecular weight is 219 g/mol. The molecule has 88 valence electrons. The van der Waals surface area contributed by atoms with Gasteiger partial charge in [-0.15, -0.1) is 0 Å². The molecule has 1 fully saturated rings. The molecule has 0 atom stereocenters. The third kappa shape index (κ3) is 2.63. The van der Waals surface area contributed by atoms with Crippen LogP contribution in [0, 0.1) is 13.8 Å². The van der Waals surface area contributed by atoms with E-state index in [1.807, 2.05) is 0 Å². The predicted molar refractivity (Wildman–Crippen MR) is 66.6 cm³/mol. The lowest BCUT2D eigenvalue weighted by Crippen LogP contribution is -2.46. The first-order chi connectivity index (χ1) is 7.59. The number of hydrogen-bond acceptors (Lipinski definition) is 2. The van der Waals surface area contributed by atoms with Crippen LogP contribution in [0.1, 0.15) is 29.5 Å². The Morgan fingerprint density at radius 1 is 1.19 bits per heavy atom. The quantitative estimate of drug-likeness (QED) is 0.828. The number of aryl methyl sites for hydroxylation is 2. The molecule has 2 heteroatoms. The van der Waals surface area contributed by atoms with E-state index in [1.54, 1.807) is 0 Å². The van der Waals surface area contributed by atoms with E-state index in [0.29, 0.717) is 0 Å². The minimum atomic E-state index is -0.0556.